The molecule has 0 saturated heterocycles. The lowest BCUT2D eigenvalue weighted by Crippen LogP contribution is -2.43. The van der Waals surface area contributed by atoms with E-state index in [2.05, 4.69) is 5.32 Å². The van der Waals surface area contributed by atoms with Gasteiger partial charge in [-0.1, -0.05) is 31.0 Å². The molecule has 0 heterocycles. The monoisotopic (exact) mass is 420 g/mol. The van der Waals surface area contributed by atoms with Crippen molar-refractivity contribution in [1.29, 1.82) is 0 Å². The summed E-state index contributed by atoms with van der Waals surface area (Å²) in [5.74, 6) is -0.314. The van der Waals surface area contributed by atoms with Gasteiger partial charge in [-0.25, -0.2) is 8.42 Å². The number of thioether (sulfide) groups is 1. The maximum absolute atomic E-state index is 13.3. The van der Waals surface area contributed by atoms with Crippen LogP contribution in [0.25, 0.3) is 0 Å². The number of sulfonamides is 1. The van der Waals surface area contributed by atoms with Gasteiger partial charge in [-0.2, -0.15) is 0 Å². The van der Waals surface area contributed by atoms with Crippen LogP contribution in [0.4, 0.5) is 5.69 Å². The van der Waals surface area contributed by atoms with E-state index < -0.39 is 10.0 Å². The second-order valence-electron chi connectivity index (χ2n) is 6.78. The Morgan fingerprint density at radius 3 is 2.25 bits per heavy atom. The highest BCUT2D eigenvalue weighted by atomic mass is 32.2. The van der Waals surface area contributed by atoms with Crippen molar-refractivity contribution in [3.63, 3.8) is 0 Å². The molecule has 2 aromatic rings. The van der Waals surface area contributed by atoms with Crippen molar-refractivity contribution in [2.75, 3.05) is 17.1 Å². The lowest BCUT2D eigenvalue weighted by atomic mass is 10.2. The van der Waals surface area contributed by atoms with E-state index in [1.807, 2.05) is 39.2 Å². The number of amides is 1. The lowest BCUT2D eigenvalue weighted by molar-refractivity contribution is -0.120. The molecule has 1 amide bonds. The largest absolute Gasteiger partial charge is 0.352 e. The molecule has 7 heteroatoms. The van der Waals surface area contributed by atoms with Crippen LogP contribution in [0.3, 0.4) is 0 Å². The molecule has 2 rings (SSSR count). The molecule has 0 aliphatic heterocycles. The first-order chi connectivity index (χ1) is 13.3. The average molecular weight is 421 g/mol. The van der Waals surface area contributed by atoms with Gasteiger partial charge in [0.2, 0.25) is 5.91 Å². The van der Waals surface area contributed by atoms with E-state index in [4.69, 9.17) is 0 Å². The second kappa shape index (κ2) is 9.98. The van der Waals surface area contributed by atoms with Gasteiger partial charge in [0.15, 0.2) is 0 Å². The molecular weight excluding hydrogens is 392 g/mol. The normalized spacial score (nSPS) is 12.4. The Labute approximate surface area is 172 Å². The summed E-state index contributed by atoms with van der Waals surface area (Å²) in [6, 6.07) is 13.8. The first-order valence-corrected chi connectivity index (χ1v) is 12.0. The third-order valence-electron chi connectivity index (χ3n) is 4.39. The SMILES string of the molecule is CCC[C@@H](C)NC(=O)CN(c1ccc(C)cc1)S(=O)(=O)c1ccc(SC)cc1. The number of nitrogens with zero attached hydrogens (tertiary/aromatic N) is 1. The van der Waals surface area contributed by atoms with Crippen molar-refractivity contribution < 1.29 is 13.2 Å². The summed E-state index contributed by atoms with van der Waals surface area (Å²) in [7, 11) is -3.87. The Kier molecular flexibility index (Phi) is 7.95. The van der Waals surface area contributed by atoms with Crippen molar-refractivity contribution in [2.45, 2.75) is 49.4 Å². The molecule has 0 fully saturated rings. The van der Waals surface area contributed by atoms with E-state index in [0.29, 0.717) is 5.69 Å². The predicted molar refractivity (Wildman–Crippen MR) is 116 cm³/mol. The maximum Gasteiger partial charge on any atom is 0.264 e. The van der Waals surface area contributed by atoms with E-state index in [1.54, 1.807) is 48.2 Å². The highest BCUT2D eigenvalue weighted by Crippen LogP contribution is 2.25. The molecule has 2 aromatic carbocycles. The molecule has 0 unspecified atom stereocenters. The van der Waals surface area contributed by atoms with Crippen LogP contribution in [-0.4, -0.2) is 33.2 Å². The molecule has 0 saturated carbocycles. The number of carbonyl (C=O) groups excluding carboxylic acids is 1. The van der Waals surface area contributed by atoms with Crippen molar-refractivity contribution in [3.05, 3.63) is 54.1 Å². The zero-order valence-electron chi connectivity index (χ0n) is 16.8. The van der Waals surface area contributed by atoms with E-state index in [-0.39, 0.29) is 23.4 Å². The minimum Gasteiger partial charge on any atom is -0.352 e. The first-order valence-electron chi connectivity index (χ1n) is 9.30. The van der Waals surface area contributed by atoms with Crippen LogP contribution in [0.1, 0.15) is 32.3 Å². The summed E-state index contributed by atoms with van der Waals surface area (Å²) >= 11 is 1.54. The van der Waals surface area contributed by atoms with Gasteiger partial charge in [-0.15, -0.1) is 11.8 Å². The summed E-state index contributed by atoms with van der Waals surface area (Å²) in [5.41, 5.74) is 1.49. The Hall–Kier alpha value is -1.99. The summed E-state index contributed by atoms with van der Waals surface area (Å²) in [5, 5.41) is 2.89. The molecule has 0 spiro atoms. The fourth-order valence-electron chi connectivity index (χ4n) is 2.86. The predicted octanol–water partition coefficient (Wildman–Crippen LogP) is 4.22. The number of aryl methyl sites for hydroxylation is 1. The van der Waals surface area contributed by atoms with Gasteiger partial charge in [0.05, 0.1) is 10.6 Å². The molecule has 0 aromatic heterocycles. The van der Waals surface area contributed by atoms with Crippen molar-refractivity contribution in [3.8, 4) is 0 Å². The molecule has 0 aliphatic carbocycles. The number of rotatable bonds is 9. The quantitative estimate of drug-likeness (QED) is 0.617. The Morgan fingerprint density at radius 1 is 1.11 bits per heavy atom. The zero-order chi connectivity index (χ0) is 20.7. The summed E-state index contributed by atoms with van der Waals surface area (Å²) in [4.78, 5) is 13.7. The van der Waals surface area contributed by atoms with E-state index in [1.165, 1.54) is 4.31 Å². The Bertz CT molecular complexity index is 879. The van der Waals surface area contributed by atoms with Crippen molar-refractivity contribution in [2.24, 2.45) is 0 Å². The van der Waals surface area contributed by atoms with Gasteiger partial charge in [-0.05, 0) is 62.9 Å². The molecule has 0 aliphatic rings. The summed E-state index contributed by atoms with van der Waals surface area (Å²) in [6.45, 7) is 5.64. The number of benzene rings is 2. The van der Waals surface area contributed by atoms with Gasteiger partial charge >= 0.3 is 0 Å². The van der Waals surface area contributed by atoms with E-state index >= 15 is 0 Å². The number of anilines is 1. The summed E-state index contributed by atoms with van der Waals surface area (Å²) < 4.78 is 27.8. The van der Waals surface area contributed by atoms with Crippen LogP contribution in [0.15, 0.2) is 58.3 Å². The number of nitrogens with one attached hydrogen (secondary N) is 1. The van der Waals surface area contributed by atoms with Gasteiger partial charge in [-0.3, -0.25) is 9.10 Å². The standard InChI is InChI=1S/C21H28N2O3S2/c1-5-6-17(3)22-21(24)15-23(18-9-7-16(2)8-10-18)28(25,26)20-13-11-19(27-4)12-14-20/h7-14,17H,5-6,15H2,1-4H3,(H,22,24)/t17-/m1/s1. The van der Waals surface area contributed by atoms with Gasteiger partial charge < -0.3 is 5.32 Å². The second-order valence-corrected chi connectivity index (χ2v) is 9.52. The third-order valence-corrected chi connectivity index (χ3v) is 6.92. The highest BCUT2D eigenvalue weighted by molar-refractivity contribution is 7.98. The van der Waals surface area contributed by atoms with Crippen LogP contribution in [0, 0.1) is 6.92 Å². The average Bonchev–Trinajstić information content (AvgIpc) is 2.67. The zero-order valence-corrected chi connectivity index (χ0v) is 18.4. The molecule has 1 N–H and O–H groups in total. The molecule has 152 valence electrons. The smallest absolute Gasteiger partial charge is 0.264 e. The van der Waals surface area contributed by atoms with E-state index in [0.717, 1.165) is 23.3 Å². The minimum absolute atomic E-state index is 0.000865. The maximum atomic E-state index is 13.3. The van der Waals surface area contributed by atoms with Crippen LogP contribution in [-0.2, 0) is 14.8 Å². The molecule has 5 nitrogen and oxygen atoms in total. The Morgan fingerprint density at radius 2 is 1.71 bits per heavy atom. The fourth-order valence-corrected chi connectivity index (χ4v) is 4.69. The van der Waals surface area contributed by atoms with E-state index in [9.17, 15) is 13.2 Å². The molecule has 0 bridgehead atoms. The summed E-state index contributed by atoms with van der Waals surface area (Å²) in [6.07, 6.45) is 3.73. The van der Waals surface area contributed by atoms with Gasteiger partial charge in [0.1, 0.15) is 6.54 Å². The highest BCUT2D eigenvalue weighted by Gasteiger charge is 2.27. The number of carbonyl (C=O) groups is 1. The molecule has 28 heavy (non-hydrogen) atoms. The minimum atomic E-state index is -3.87. The van der Waals surface area contributed by atoms with Gasteiger partial charge in [0.25, 0.3) is 10.0 Å². The molecule has 0 radical (unpaired) electrons. The first kappa shape index (κ1) is 22.3. The van der Waals surface area contributed by atoms with Crippen LogP contribution >= 0.6 is 11.8 Å². The van der Waals surface area contributed by atoms with Crippen LogP contribution < -0.4 is 9.62 Å². The lowest BCUT2D eigenvalue weighted by Gasteiger charge is -2.25. The molecule has 1 atom stereocenters. The van der Waals surface area contributed by atoms with Crippen molar-refractivity contribution in [1.82, 2.24) is 5.32 Å². The number of hydrogen-bond donors (Lipinski definition) is 1. The van der Waals surface area contributed by atoms with Gasteiger partial charge in [0, 0.05) is 10.9 Å². The topological polar surface area (TPSA) is 66.5 Å². The van der Waals surface area contributed by atoms with Crippen molar-refractivity contribution >= 4 is 33.4 Å². The number of hydrogen-bond acceptors (Lipinski definition) is 4. The Balaban J connectivity index is 2.36. The molecular formula is C21H28N2O3S2. The fraction of sp³-hybridized carbons (Fsp3) is 0.381. The van der Waals surface area contributed by atoms with Crippen LogP contribution in [0.2, 0.25) is 0 Å². The third kappa shape index (κ3) is 5.75. The van der Waals surface area contributed by atoms with Crippen LogP contribution in [0.5, 0.6) is 0 Å².